The molecule has 2 N–H and O–H groups in total. The van der Waals surface area contributed by atoms with Crippen molar-refractivity contribution in [2.45, 2.75) is 46.2 Å². The van der Waals surface area contributed by atoms with E-state index >= 15 is 0 Å². The Morgan fingerprint density at radius 2 is 2.05 bits per heavy atom. The number of nitrogens with one attached hydrogen (secondary N) is 2. The Labute approximate surface area is 128 Å². The number of nitrogens with zero attached hydrogens (tertiary/aromatic N) is 2. The molecule has 0 aromatic carbocycles. The summed E-state index contributed by atoms with van der Waals surface area (Å²) >= 11 is 0. The summed E-state index contributed by atoms with van der Waals surface area (Å²) in [7, 11) is 3.40. The lowest BCUT2D eigenvalue weighted by atomic mass is 10.0. The molecule has 0 bridgehead atoms. The Bertz CT molecular complexity index is 428. The number of rotatable bonds is 7. The van der Waals surface area contributed by atoms with Crippen LogP contribution < -0.4 is 15.4 Å². The minimum absolute atomic E-state index is 0.410. The standard InChI is InChI=1S/C16H28N4O/c1-12(2)6-7-13(3)20-16(17-4)19-11-14-8-9-15(21-5)18-10-14/h8-10,12-13H,6-7,11H2,1-5H3,(H2,17,19,20). The number of guanidine groups is 1. The van der Waals surface area contributed by atoms with E-state index in [-0.39, 0.29) is 0 Å². The molecule has 1 rings (SSSR count). The molecular formula is C16H28N4O. The zero-order valence-electron chi connectivity index (χ0n) is 13.8. The second kappa shape index (κ2) is 9.21. The summed E-state index contributed by atoms with van der Waals surface area (Å²) in [5, 5.41) is 6.71. The largest absolute Gasteiger partial charge is 0.481 e. The number of methoxy groups -OCH3 is 1. The molecule has 1 heterocycles. The van der Waals surface area contributed by atoms with E-state index in [9.17, 15) is 0 Å². The maximum atomic E-state index is 5.05. The predicted octanol–water partition coefficient (Wildman–Crippen LogP) is 2.58. The lowest BCUT2D eigenvalue weighted by molar-refractivity contribution is 0.397. The molecule has 1 unspecified atom stereocenters. The van der Waals surface area contributed by atoms with Crippen LogP contribution in [0.15, 0.2) is 23.3 Å². The van der Waals surface area contributed by atoms with Gasteiger partial charge in [-0.15, -0.1) is 0 Å². The van der Waals surface area contributed by atoms with Gasteiger partial charge < -0.3 is 15.4 Å². The maximum Gasteiger partial charge on any atom is 0.212 e. The molecule has 1 atom stereocenters. The summed E-state index contributed by atoms with van der Waals surface area (Å²) in [6.07, 6.45) is 4.16. The van der Waals surface area contributed by atoms with Crippen LogP contribution in [-0.2, 0) is 6.54 Å². The fourth-order valence-corrected chi connectivity index (χ4v) is 1.91. The van der Waals surface area contributed by atoms with E-state index in [1.165, 1.54) is 6.42 Å². The molecular weight excluding hydrogens is 264 g/mol. The van der Waals surface area contributed by atoms with Crippen LogP contribution in [0.3, 0.4) is 0 Å². The molecule has 1 aromatic rings. The van der Waals surface area contributed by atoms with Crippen molar-refractivity contribution in [3.8, 4) is 5.88 Å². The van der Waals surface area contributed by atoms with Crippen LogP contribution in [0.5, 0.6) is 5.88 Å². The van der Waals surface area contributed by atoms with Crippen molar-refractivity contribution in [1.29, 1.82) is 0 Å². The monoisotopic (exact) mass is 292 g/mol. The molecule has 0 saturated heterocycles. The topological polar surface area (TPSA) is 58.5 Å². The number of hydrogen-bond acceptors (Lipinski definition) is 3. The van der Waals surface area contributed by atoms with E-state index in [2.05, 4.69) is 41.4 Å². The van der Waals surface area contributed by atoms with Gasteiger partial charge in [-0.05, 0) is 31.2 Å². The van der Waals surface area contributed by atoms with Gasteiger partial charge in [0.25, 0.3) is 0 Å². The molecule has 118 valence electrons. The first kappa shape index (κ1) is 17.3. The molecule has 5 nitrogen and oxygen atoms in total. The maximum absolute atomic E-state index is 5.05. The summed E-state index contributed by atoms with van der Waals surface area (Å²) < 4.78 is 5.05. The molecule has 0 spiro atoms. The lowest BCUT2D eigenvalue weighted by Gasteiger charge is -2.18. The second-order valence-electron chi connectivity index (χ2n) is 5.65. The Balaban J connectivity index is 2.39. The zero-order chi connectivity index (χ0) is 15.7. The van der Waals surface area contributed by atoms with Crippen molar-refractivity contribution in [1.82, 2.24) is 15.6 Å². The van der Waals surface area contributed by atoms with Crippen molar-refractivity contribution in [2.24, 2.45) is 10.9 Å². The van der Waals surface area contributed by atoms with E-state index in [1.54, 1.807) is 20.4 Å². The van der Waals surface area contributed by atoms with E-state index in [1.807, 2.05) is 12.1 Å². The van der Waals surface area contributed by atoms with Crippen molar-refractivity contribution in [3.05, 3.63) is 23.9 Å². The van der Waals surface area contributed by atoms with Gasteiger partial charge in [0.15, 0.2) is 5.96 Å². The van der Waals surface area contributed by atoms with Crippen LogP contribution in [0.4, 0.5) is 0 Å². The Morgan fingerprint density at radius 1 is 1.29 bits per heavy atom. The number of hydrogen-bond donors (Lipinski definition) is 2. The molecule has 0 saturated carbocycles. The molecule has 0 amide bonds. The van der Waals surface area contributed by atoms with Crippen LogP contribution in [0.25, 0.3) is 0 Å². The van der Waals surface area contributed by atoms with Gasteiger partial charge in [0.2, 0.25) is 5.88 Å². The first-order valence-electron chi connectivity index (χ1n) is 7.51. The second-order valence-corrected chi connectivity index (χ2v) is 5.65. The van der Waals surface area contributed by atoms with Gasteiger partial charge in [0.05, 0.1) is 7.11 Å². The van der Waals surface area contributed by atoms with Crippen molar-refractivity contribution in [2.75, 3.05) is 14.2 Å². The van der Waals surface area contributed by atoms with Gasteiger partial charge in [-0.2, -0.15) is 0 Å². The van der Waals surface area contributed by atoms with Gasteiger partial charge in [-0.25, -0.2) is 4.98 Å². The van der Waals surface area contributed by atoms with Crippen molar-refractivity contribution >= 4 is 5.96 Å². The number of pyridine rings is 1. The van der Waals surface area contributed by atoms with E-state index < -0.39 is 0 Å². The Kier molecular flexibility index (Phi) is 7.58. The zero-order valence-corrected chi connectivity index (χ0v) is 13.8. The van der Waals surface area contributed by atoms with Crippen LogP contribution in [0, 0.1) is 5.92 Å². The smallest absolute Gasteiger partial charge is 0.212 e. The van der Waals surface area contributed by atoms with E-state index in [0.717, 1.165) is 23.9 Å². The molecule has 0 aliphatic heterocycles. The molecule has 0 aliphatic carbocycles. The minimum atomic E-state index is 0.410. The Hall–Kier alpha value is -1.78. The van der Waals surface area contributed by atoms with Crippen LogP contribution >= 0.6 is 0 Å². The highest BCUT2D eigenvalue weighted by molar-refractivity contribution is 5.79. The molecule has 1 aromatic heterocycles. The number of ether oxygens (including phenoxy) is 1. The molecule has 5 heteroatoms. The van der Waals surface area contributed by atoms with Crippen molar-refractivity contribution < 1.29 is 4.74 Å². The van der Waals surface area contributed by atoms with Crippen LogP contribution in [0.2, 0.25) is 0 Å². The summed E-state index contributed by atoms with van der Waals surface area (Å²) in [6, 6.07) is 4.26. The van der Waals surface area contributed by atoms with Gasteiger partial charge in [0, 0.05) is 31.9 Å². The molecule has 21 heavy (non-hydrogen) atoms. The highest BCUT2D eigenvalue weighted by Gasteiger charge is 2.06. The first-order valence-corrected chi connectivity index (χ1v) is 7.51. The van der Waals surface area contributed by atoms with E-state index in [4.69, 9.17) is 4.74 Å². The fourth-order valence-electron chi connectivity index (χ4n) is 1.91. The summed E-state index contributed by atoms with van der Waals surface area (Å²) in [6.45, 7) is 7.37. The van der Waals surface area contributed by atoms with Crippen LogP contribution in [-0.4, -0.2) is 31.1 Å². The fraction of sp³-hybridized carbons (Fsp3) is 0.625. The molecule has 0 fully saturated rings. The third kappa shape index (κ3) is 6.97. The minimum Gasteiger partial charge on any atom is -0.481 e. The first-order chi connectivity index (χ1) is 10.0. The SMILES string of the molecule is CN=C(NCc1ccc(OC)nc1)NC(C)CCC(C)C. The normalized spacial score (nSPS) is 13.1. The Morgan fingerprint density at radius 3 is 2.57 bits per heavy atom. The van der Waals surface area contributed by atoms with Gasteiger partial charge in [-0.1, -0.05) is 19.9 Å². The number of aliphatic imine (C=N–C) groups is 1. The van der Waals surface area contributed by atoms with Crippen LogP contribution in [0.1, 0.15) is 39.2 Å². The highest BCUT2D eigenvalue weighted by atomic mass is 16.5. The van der Waals surface area contributed by atoms with Gasteiger partial charge in [0.1, 0.15) is 0 Å². The summed E-state index contributed by atoms with van der Waals surface area (Å²) in [5.74, 6) is 2.18. The average Bonchev–Trinajstić information content (AvgIpc) is 2.49. The summed E-state index contributed by atoms with van der Waals surface area (Å²) in [5.41, 5.74) is 1.09. The highest BCUT2D eigenvalue weighted by Crippen LogP contribution is 2.07. The van der Waals surface area contributed by atoms with Crippen molar-refractivity contribution in [3.63, 3.8) is 0 Å². The van der Waals surface area contributed by atoms with E-state index in [0.29, 0.717) is 18.5 Å². The van der Waals surface area contributed by atoms with Gasteiger partial charge >= 0.3 is 0 Å². The summed E-state index contributed by atoms with van der Waals surface area (Å²) in [4.78, 5) is 8.44. The third-order valence-corrected chi connectivity index (χ3v) is 3.25. The number of aromatic nitrogens is 1. The quantitative estimate of drug-likeness (QED) is 0.599. The molecule has 0 aliphatic rings. The average molecular weight is 292 g/mol. The van der Waals surface area contributed by atoms with Gasteiger partial charge in [-0.3, -0.25) is 4.99 Å². The predicted molar refractivity (Wildman–Crippen MR) is 87.7 cm³/mol. The molecule has 0 radical (unpaired) electrons. The third-order valence-electron chi connectivity index (χ3n) is 3.25. The lowest BCUT2D eigenvalue weighted by Crippen LogP contribution is -2.41.